The van der Waals surface area contributed by atoms with Gasteiger partial charge in [-0.3, -0.25) is 0 Å². The summed E-state index contributed by atoms with van der Waals surface area (Å²) >= 11 is 0. The fourth-order valence-corrected chi connectivity index (χ4v) is 4.66. The molecular formula is C30H60. The van der Waals surface area contributed by atoms with Gasteiger partial charge in [0.15, 0.2) is 0 Å². The van der Waals surface area contributed by atoms with E-state index in [1.165, 1.54) is 161 Å². The molecule has 0 aliphatic carbocycles. The zero-order valence-corrected chi connectivity index (χ0v) is 21.5. The Kier molecular flexibility index (Phi) is 26.5. The minimum absolute atomic E-state index is 0.965. The van der Waals surface area contributed by atoms with Gasteiger partial charge >= 0.3 is 0 Å². The molecule has 0 aliphatic heterocycles. The van der Waals surface area contributed by atoms with Crippen molar-refractivity contribution in [1.29, 1.82) is 0 Å². The van der Waals surface area contributed by atoms with E-state index >= 15 is 0 Å². The van der Waals surface area contributed by atoms with Crippen LogP contribution in [0.5, 0.6) is 0 Å². The predicted molar refractivity (Wildman–Crippen MR) is 140 cm³/mol. The molecule has 0 rings (SSSR count). The second-order valence-electron chi connectivity index (χ2n) is 10.2. The van der Waals surface area contributed by atoms with Crippen LogP contribution in [-0.2, 0) is 0 Å². The highest BCUT2D eigenvalue weighted by Crippen LogP contribution is 2.18. The summed E-state index contributed by atoms with van der Waals surface area (Å²) in [7, 11) is 0. The third kappa shape index (κ3) is 25.8. The van der Waals surface area contributed by atoms with E-state index in [2.05, 4.69) is 26.5 Å². The van der Waals surface area contributed by atoms with E-state index in [4.69, 9.17) is 0 Å². The summed E-state index contributed by atoms with van der Waals surface area (Å²) in [4.78, 5) is 0. The Hall–Kier alpha value is -0.260. The van der Waals surface area contributed by atoms with Crippen molar-refractivity contribution in [3.8, 4) is 0 Å². The van der Waals surface area contributed by atoms with Gasteiger partial charge in [-0.05, 0) is 18.8 Å². The molecule has 0 aliphatic rings. The topological polar surface area (TPSA) is 0 Å². The van der Waals surface area contributed by atoms with Crippen molar-refractivity contribution in [2.75, 3.05) is 0 Å². The van der Waals surface area contributed by atoms with Gasteiger partial charge in [0.1, 0.15) is 0 Å². The van der Waals surface area contributed by atoms with E-state index in [0.717, 1.165) is 5.92 Å². The maximum Gasteiger partial charge on any atom is -0.0353 e. The van der Waals surface area contributed by atoms with Crippen LogP contribution >= 0.6 is 0 Å². The van der Waals surface area contributed by atoms with Crippen molar-refractivity contribution in [2.45, 2.75) is 174 Å². The first-order valence-corrected chi connectivity index (χ1v) is 14.4. The van der Waals surface area contributed by atoms with Crippen molar-refractivity contribution >= 4 is 0 Å². The minimum atomic E-state index is 0.965. The molecule has 0 aromatic rings. The molecule has 0 nitrogen and oxygen atoms in total. The van der Waals surface area contributed by atoms with Crippen LogP contribution in [0.2, 0.25) is 0 Å². The molecule has 0 radical (unpaired) electrons. The van der Waals surface area contributed by atoms with Crippen LogP contribution in [0.25, 0.3) is 0 Å². The van der Waals surface area contributed by atoms with Crippen LogP contribution < -0.4 is 0 Å². The van der Waals surface area contributed by atoms with Gasteiger partial charge in [0.2, 0.25) is 0 Å². The first-order chi connectivity index (χ1) is 14.8. The second kappa shape index (κ2) is 26.8. The van der Waals surface area contributed by atoms with Gasteiger partial charge in [0, 0.05) is 0 Å². The molecule has 0 aromatic carbocycles. The quantitative estimate of drug-likeness (QED) is 0.0963. The summed E-state index contributed by atoms with van der Waals surface area (Å²) in [6.45, 7) is 8.55. The molecule has 0 spiro atoms. The Labute approximate surface area is 193 Å². The average molecular weight is 421 g/mol. The molecular weight excluding hydrogens is 360 g/mol. The number of unbranched alkanes of at least 4 members (excludes halogenated alkanes) is 21. The molecule has 0 heterocycles. The predicted octanol–water partition coefficient (Wildman–Crippen LogP) is 11.6. The normalized spacial score (nSPS) is 12.3. The van der Waals surface area contributed by atoms with E-state index in [1.807, 2.05) is 0 Å². The Morgan fingerprint density at radius 3 is 1.10 bits per heavy atom. The molecule has 180 valence electrons. The lowest BCUT2D eigenvalue weighted by Crippen LogP contribution is -1.94. The van der Waals surface area contributed by atoms with Crippen molar-refractivity contribution < 1.29 is 0 Å². The van der Waals surface area contributed by atoms with Gasteiger partial charge in [-0.25, -0.2) is 0 Å². The molecule has 0 heteroatoms. The lowest BCUT2D eigenvalue weighted by molar-refractivity contribution is 0.440. The molecule has 0 amide bonds. The van der Waals surface area contributed by atoms with Gasteiger partial charge in [-0.1, -0.05) is 168 Å². The molecule has 1 unspecified atom stereocenters. The molecule has 30 heavy (non-hydrogen) atoms. The van der Waals surface area contributed by atoms with E-state index in [-0.39, 0.29) is 0 Å². The van der Waals surface area contributed by atoms with Crippen LogP contribution in [-0.4, -0.2) is 0 Å². The highest BCUT2D eigenvalue weighted by molar-refractivity contribution is 4.65. The standard InChI is InChI=1S/C30H60/c1-4-6-8-9-10-11-12-13-14-15-16-17-18-19-20-21-22-23-24-25-26-27-29-30(3)28-7-5-2/h4,30H,1,5-29H2,2-3H3. The van der Waals surface area contributed by atoms with Crippen LogP contribution in [0.1, 0.15) is 174 Å². The number of allylic oxidation sites excluding steroid dienone is 1. The lowest BCUT2D eigenvalue weighted by Gasteiger charge is -2.10. The van der Waals surface area contributed by atoms with E-state index in [0.29, 0.717) is 0 Å². The maximum absolute atomic E-state index is 3.79. The van der Waals surface area contributed by atoms with Crippen LogP contribution in [0.3, 0.4) is 0 Å². The summed E-state index contributed by atoms with van der Waals surface area (Å²) in [6.07, 6.45) is 38.3. The SMILES string of the molecule is C=CCCCCCCCCCCCCCCCCCCCCCCC(C)CCCC. The molecule has 1 atom stereocenters. The van der Waals surface area contributed by atoms with Gasteiger partial charge in [-0.2, -0.15) is 0 Å². The largest absolute Gasteiger partial charge is 0.103 e. The van der Waals surface area contributed by atoms with Crippen molar-refractivity contribution in [1.82, 2.24) is 0 Å². The summed E-state index contributed by atoms with van der Waals surface area (Å²) in [5.41, 5.74) is 0. The van der Waals surface area contributed by atoms with Gasteiger partial charge in [0.25, 0.3) is 0 Å². The highest BCUT2D eigenvalue weighted by Gasteiger charge is 2.01. The van der Waals surface area contributed by atoms with Crippen molar-refractivity contribution in [3.05, 3.63) is 12.7 Å². The fraction of sp³-hybridized carbons (Fsp3) is 0.933. The molecule has 0 saturated heterocycles. The van der Waals surface area contributed by atoms with Crippen molar-refractivity contribution in [3.63, 3.8) is 0 Å². The maximum atomic E-state index is 3.79. The van der Waals surface area contributed by atoms with E-state index in [9.17, 15) is 0 Å². The average Bonchev–Trinajstić information content (AvgIpc) is 2.75. The number of rotatable bonds is 26. The summed E-state index contributed by atoms with van der Waals surface area (Å²) < 4.78 is 0. The monoisotopic (exact) mass is 420 g/mol. The fourth-order valence-electron chi connectivity index (χ4n) is 4.66. The Bertz CT molecular complexity index is 305. The van der Waals surface area contributed by atoms with Gasteiger partial charge in [0.05, 0.1) is 0 Å². The lowest BCUT2D eigenvalue weighted by atomic mass is 9.97. The zero-order chi connectivity index (χ0) is 22.0. The first kappa shape index (κ1) is 29.7. The van der Waals surface area contributed by atoms with Crippen molar-refractivity contribution in [2.24, 2.45) is 5.92 Å². The third-order valence-electron chi connectivity index (χ3n) is 6.91. The minimum Gasteiger partial charge on any atom is -0.103 e. The summed E-state index contributed by atoms with van der Waals surface area (Å²) in [6, 6.07) is 0. The van der Waals surface area contributed by atoms with Crippen LogP contribution in [0.15, 0.2) is 12.7 Å². The van der Waals surface area contributed by atoms with Gasteiger partial charge < -0.3 is 0 Å². The Morgan fingerprint density at radius 1 is 0.467 bits per heavy atom. The smallest absolute Gasteiger partial charge is 0.0353 e. The van der Waals surface area contributed by atoms with E-state index < -0.39 is 0 Å². The zero-order valence-electron chi connectivity index (χ0n) is 21.5. The Balaban J connectivity index is 3.04. The van der Waals surface area contributed by atoms with Crippen LogP contribution in [0.4, 0.5) is 0 Å². The number of hydrogen-bond acceptors (Lipinski definition) is 0. The first-order valence-electron chi connectivity index (χ1n) is 14.4. The molecule has 0 bridgehead atoms. The third-order valence-corrected chi connectivity index (χ3v) is 6.91. The van der Waals surface area contributed by atoms with Crippen LogP contribution in [0, 0.1) is 5.92 Å². The molecule has 0 saturated carbocycles. The molecule has 0 fully saturated rings. The Morgan fingerprint density at radius 2 is 0.767 bits per heavy atom. The molecule has 0 N–H and O–H groups in total. The van der Waals surface area contributed by atoms with Gasteiger partial charge in [-0.15, -0.1) is 6.58 Å². The highest BCUT2D eigenvalue weighted by atomic mass is 14.1. The van der Waals surface area contributed by atoms with E-state index in [1.54, 1.807) is 0 Å². The molecule has 0 aromatic heterocycles. The summed E-state index contributed by atoms with van der Waals surface area (Å²) in [5, 5.41) is 0. The second-order valence-corrected chi connectivity index (χ2v) is 10.2. The number of hydrogen-bond donors (Lipinski definition) is 0. The summed E-state index contributed by atoms with van der Waals surface area (Å²) in [5.74, 6) is 0.965.